The summed E-state index contributed by atoms with van der Waals surface area (Å²) < 4.78 is 14.3. The van der Waals surface area contributed by atoms with Crippen molar-refractivity contribution in [3.63, 3.8) is 0 Å². The highest BCUT2D eigenvalue weighted by Gasteiger charge is 2.76. The van der Waals surface area contributed by atoms with Gasteiger partial charge in [-0.15, -0.1) is 0 Å². The van der Waals surface area contributed by atoms with Crippen LogP contribution in [0.25, 0.3) is 0 Å². The normalized spacial score (nSPS) is 27.1. The van der Waals surface area contributed by atoms with Crippen molar-refractivity contribution in [2.45, 2.75) is 50.5 Å². The molecule has 1 fully saturated rings. The molecule has 19 heteroatoms. The highest BCUT2D eigenvalue weighted by molar-refractivity contribution is 6.16. The second-order valence-corrected chi connectivity index (χ2v) is 12.0. The van der Waals surface area contributed by atoms with E-state index in [4.69, 9.17) is 29.9 Å². The van der Waals surface area contributed by atoms with E-state index in [1.165, 1.54) is 18.2 Å². The summed E-state index contributed by atoms with van der Waals surface area (Å²) in [5.41, 5.74) is -6.35. The van der Waals surface area contributed by atoms with Crippen LogP contribution < -0.4 is 0 Å². The third-order valence-corrected chi connectivity index (χ3v) is 9.15. The summed E-state index contributed by atoms with van der Waals surface area (Å²) >= 11 is 0. The molecule has 0 bridgehead atoms. The van der Waals surface area contributed by atoms with Gasteiger partial charge in [0.1, 0.15) is 0 Å². The average Bonchev–Trinajstić information content (AvgIpc) is 3.52. The molecule has 4 rings (SSSR count). The van der Waals surface area contributed by atoms with Gasteiger partial charge in [0.05, 0.1) is 42.1 Å². The lowest BCUT2D eigenvalue weighted by molar-refractivity contribution is -0.201. The van der Waals surface area contributed by atoms with Crippen LogP contribution in [0.3, 0.4) is 0 Å². The van der Waals surface area contributed by atoms with Crippen molar-refractivity contribution in [3.05, 3.63) is 36.5 Å². The Labute approximate surface area is 287 Å². The van der Waals surface area contributed by atoms with Gasteiger partial charge in [0.15, 0.2) is 0 Å². The lowest BCUT2D eigenvalue weighted by Crippen LogP contribution is -2.64. The highest BCUT2D eigenvalue weighted by Crippen LogP contribution is 2.45. The maximum absolute atomic E-state index is 12.7. The summed E-state index contributed by atoms with van der Waals surface area (Å²) in [6.45, 7) is -0.586. The number of carbonyl (C=O) groups is 10. The lowest BCUT2D eigenvalue weighted by Gasteiger charge is -2.30. The zero-order valence-electron chi connectivity index (χ0n) is 26.6. The summed E-state index contributed by atoms with van der Waals surface area (Å²) in [6, 6.07) is 0. The van der Waals surface area contributed by atoms with Crippen LogP contribution in [0.2, 0.25) is 0 Å². The fraction of sp³-hybridized carbons (Fsp3) is 0.500. The van der Waals surface area contributed by atoms with Crippen LogP contribution in [-0.2, 0) is 62.2 Å². The van der Waals surface area contributed by atoms with Gasteiger partial charge in [0.2, 0.25) is 5.41 Å². The molecule has 1 aliphatic heterocycles. The summed E-state index contributed by atoms with van der Waals surface area (Å²) in [4.78, 5) is 117. The molecule has 0 radical (unpaired) electrons. The van der Waals surface area contributed by atoms with E-state index in [2.05, 4.69) is 4.74 Å². The Morgan fingerprint density at radius 2 is 0.863 bits per heavy atom. The van der Waals surface area contributed by atoms with Gasteiger partial charge in [-0.3, -0.25) is 38.4 Å². The summed E-state index contributed by atoms with van der Waals surface area (Å²) in [6.07, 6.45) is 10.4. The fourth-order valence-electron chi connectivity index (χ4n) is 6.37. The SMILES string of the molecule is O=C(O)C1(C(=O)O)CCOC1(C(=O)O)C(=O)O.O=C(OC(=O)C1C=CCCC1C(=O)OC(=O)C1C=CCCC1C(=O)O)C1C=CCCC1C(=O)O. The Balaban J connectivity index is 0.000000347. The topological polar surface area (TPSA) is 320 Å². The minimum atomic E-state index is -3.31. The largest absolute Gasteiger partial charge is 0.481 e. The van der Waals surface area contributed by atoms with Gasteiger partial charge >= 0.3 is 59.7 Å². The molecule has 51 heavy (non-hydrogen) atoms. The maximum atomic E-state index is 12.7. The summed E-state index contributed by atoms with van der Waals surface area (Å²) in [7, 11) is 0. The number of hydrogen-bond acceptors (Lipinski definition) is 13. The van der Waals surface area contributed by atoms with Gasteiger partial charge in [-0.05, 0) is 38.5 Å². The van der Waals surface area contributed by atoms with Gasteiger partial charge < -0.3 is 44.8 Å². The molecule has 6 atom stereocenters. The number of esters is 4. The lowest BCUT2D eigenvalue weighted by atomic mass is 9.71. The molecular weight excluding hydrogens is 688 g/mol. The van der Waals surface area contributed by atoms with E-state index >= 15 is 0 Å². The molecule has 6 unspecified atom stereocenters. The van der Waals surface area contributed by atoms with E-state index < -0.39 is 119 Å². The minimum Gasteiger partial charge on any atom is -0.481 e. The van der Waals surface area contributed by atoms with Crippen LogP contribution in [0.4, 0.5) is 0 Å². The van der Waals surface area contributed by atoms with Crippen molar-refractivity contribution in [3.8, 4) is 0 Å². The number of carboxylic acid groups (broad SMARTS) is 6. The molecule has 6 N–H and O–H groups in total. The monoisotopic (exact) mass is 722 g/mol. The van der Waals surface area contributed by atoms with Crippen molar-refractivity contribution in [1.82, 2.24) is 0 Å². The van der Waals surface area contributed by atoms with Crippen molar-refractivity contribution in [2.24, 2.45) is 40.9 Å². The van der Waals surface area contributed by atoms with Crippen LogP contribution in [0.1, 0.15) is 44.9 Å². The van der Waals surface area contributed by atoms with Gasteiger partial charge in [-0.2, -0.15) is 0 Å². The predicted molar refractivity (Wildman–Crippen MR) is 160 cm³/mol. The van der Waals surface area contributed by atoms with Gasteiger partial charge in [-0.1, -0.05) is 36.5 Å². The molecule has 276 valence electrons. The second-order valence-electron chi connectivity index (χ2n) is 12.0. The van der Waals surface area contributed by atoms with E-state index in [1.807, 2.05) is 0 Å². The molecule has 0 saturated carbocycles. The zero-order valence-corrected chi connectivity index (χ0v) is 26.6. The van der Waals surface area contributed by atoms with Crippen LogP contribution >= 0.6 is 0 Å². The number of aliphatic carboxylic acids is 6. The maximum Gasteiger partial charge on any atom is 0.349 e. The number of allylic oxidation sites excluding steroid dienone is 3. The van der Waals surface area contributed by atoms with Gasteiger partial charge in [0.25, 0.3) is 5.60 Å². The first-order valence-corrected chi connectivity index (χ1v) is 15.5. The molecule has 1 saturated heterocycles. The third kappa shape index (κ3) is 7.87. The smallest absolute Gasteiger partial charge is 0.349 e. The van der Waals surface area contributed by atoms with Gasteiger partial charge in [0, 0.05) is 6.42 Å². The first-order valence-electron chi connectivity index (χ1n) is 15.5. The molecule has 0 aromatic heterocycles. The highest BCUT2D eigenvalue weighted by atomic mass is 16.6. The van der Waals surface area contributed by atoms with Crippen LogP contribution in [0.5, 0.6) is 0 Å². The van der Waals surface area contributed by atoms with E-state index in [1.54, 1.807) is 18.2 Å². The van der Waals surface area contributed by atoms with E-state index in [0.29, 0.717) is 19.3 Å². The molecule has 0 aromatic carbocycles. The first kappa shape index (κ1) is 39.7. The Hall–Kier alpha value is -5.72. The molecule has 1 heterocycles. The Bertz CT molecular complexity index is 1520. The standard InChI is InChI=1S/C24H26O10.C8H8O9/c25-19(26)13-7-1-3-9-15(13)21(29)33-23(31)17-11-5-6-12-18(17)24(32)34-22(30)16-10-4-2-8-14(16)20(27)28;9-3(10)7(4(11)12)1-2-17-8(7,5(13)14)6(15)16/h3-5,9-11,13-18H,1-2,6-8,12H2,(H,25,26)(H,27,28);1-2H2,(H,9,10)(H,11,12)(H,13,14)(H,15,16). The quantitative estimate of drug-likeness (QED) is 0.102. The Morgan fingerprint density at radius 3 is 1.20 bits per heavy atom. The Kier molecular flexibility index (Phi) is 12.7. The second kappa shape index (κ2) is 16.3. The molecular formula is C32H34O19. The number of hydrogen-bond donors (Lipinski definition) is 6. The van der Waals surface area contributed by atoms with Crippen molar-refractivity contribution < 1.29 is 92.8 Å². The predicted octanol–water partition coefficient (Wildman–Crippen LogP) is 0.513. The fourth-order valence-corrected chi connectivity index (χ4v) is 6.37. The molecule has 0 amide bonds. The molecule has 0 spiro atoms. The number of carboxylic acids is 6. The molecule has 19 nitrogen and oxygen atoms in total. The van der Waals surface area contributed by atoms with Crippen LogP contribution in [0.15, 0.2) is 36.5 Å². The number of rotatable bonds is 10. The van der Waals surface area contributed by atoms with Gasteiger partial charge in [-0.25, -0.2) is 9.59 Å². The third-order valence-electron chi connectivity index (χ3n) is 9.15. The average molecular weight is 723 g/mol. The van der Waals surface area contributed by atoms with Crippen molar-refractivity contribution in [1.29, 1.82) is 0 Å². The van der Waals surface area contributed by atoms with Crippen LogP contribution in [0, 0.1) is 40.9 Å². The number of ether oxygens (including phenoxy) is 3. The summed E-state index contributed by atoms with van der Waals surface area (Å²) in [5.74, 6) is -21.5. The van der Waals surface area contributed by atoms with Crippen LogP contribution in [-0.4, -0.2) is 103 Å². The Morgan fingerprint density at radius 1 is 0.510 bits per heavy atom. The molecule has 4 aliphatic rings. The van der Waals surface area contributed by atoms with E-state index in [-0.39, 0.29) is 19.3 Å². The minimum absolute atomic E-state index is 0.153. The molecule has 3 aliphatic carbocycles. The van der Waals surface area contributed by atoms with Crippen molar-refractivity contribution in [2.75, 3.05) is 6.61 Å². The first-order chi connectivity index (χ1) is 23.9. The zero-order chi connectivity index (χ0) is 38.3. The van der Waals surface area contributed by atoms with Crippen molar-refractivity contribution >= 4 is 59.7 Å². The van der Waals surface area contributed by atoms with E-state index in [9.17, 15) is 58.2 Å². The molecule has 0 aromatic rings. The van der Waals surface area contributed by atoms with E-state index in [0.717, 1.165) is 0 Å². The number of carbonyl (C=O) groups excluding carboxylic acids is 4. The summed E-state index contributed by atoms with van der Waals surface area (Å²) in [5, 5.41) is 54.1.